The summed E-state index contributed by atoms with van der Waals surface area (Å²) in [5, 5.41) is 11.4. The zero-order chi connectivity index (χ0) is 14.6. The maximum atomic E-state index is 11.9. The molecule has 0 aliphatic carbocycles. The van der Waals surface area contributed by atoms with E-state index in [1.807, 2.05) is 0 Å². The summed E-state index contributed by atoms with van der Waals surface area (Å²) >= 11 is 11.6. The normalized spacial score (nSPS) is 11.9. The van der Waals surface area contributed by atoms with Gasteiger partial charge in [0.1, 0.15) is 0 Å². The van der Waals surface area contributed by atoms with Crippen molar-refractivity contribution in [2.75, 3.05) is 19.5 Å². The summed E-state index contributed by atoms with van der Waals surface area (Å²) in [5.41, 5.74) is 5.81. The van der Waals surface area contributed by atoms with Crippen molar-refractivity contribution in [3.05, 3.63) is 27.7 Å². The number of nitrogens with two attached hydrogens (primary N) is 1. The van der Waals surface area contributed by atoms with Crippen LogP contribution in [0.4, 0.5) is 5.69 Å². The van der Waals surface area contributed by atoms with Gasteiger partial charge >= 0.3 is 5.97 Å². The van der Waals surface area contributed by atoms with Gasteiger partial charge in [0.05, 0.1) is 22.3 Å². The standard InChI is InChI=1S/C11H12Cl2N2O4/c1-19-4-8(11(17)18)15-10(16)5-2-6(12)9(14)7(13)3-5/h2-3,8H,4,14H2,1H3,(H,15,16)(H,17,18). The highest BCUT2D eigenvalue weighted by atomic mass is 35.5. The van der Waals surface area contributed by atoms with Crippen LogP contribution in [0, 0.1) is 0 Å². The van der Waals surface area contributed by atoms with Crippen LogP contribution in [0.5, 0.6) is 0 Å². The lowest BCUT2D eigenvalue weighted by atomic mass is 10.1. The number of ether oxygens (including phenoxy) is 1. The number of benzene rings is 1. The third-order valence-electron chi connectivity index (χ3n) is 2.28. The Balaban J connectivity index is 2.91. The molecular formula is C11H12Cl2N2O4. The summed E-state index contributed by atoms with van der Waals surface area (Å²) in [7, 11) is 1.33. The number of carbonyl (C=O) groups excluding carboxylic acids is 1. The molecule has 4 N–H and O–H groups in total. The number of anilines is 1. The monoisotopic (exact) mass is 306 g/mol. The van der Waals surface area contributed by atoms with Gasteiger partial charge in [0.2, 0.25) is 0 Å². The van der Waals surface area contributed by atoms with E-state index < -0.39 is 17.9 Å². The molecule has 6 nitrogen and oxygen atoms in total. The number of carboxylic acid groups (broad SMARTS) is 1. The third kappa shape index (κ3) is 3.99. The van der Waals surface area contributed by atoms with E-state index in [1.165, 1.54) is 19.2 Å². The summed E-state index contributed by atoms with van der Waals surface area (Å²) in [4.78, 5) is 22.7. The van der Waals surface area contributed by atoms with E-state index in [0.717, 1.165) is 0 Å². The highest BCUT2D eigenvalue weighted by Crippen LogP contribution is 2.28. The van der Waals surface area contributed by atoms with Crippen LogP contribution >= 0.6 is 23.2 Å². The second-order valence-corrected chi connectivity index (χ2v) is 4.49. The van der Waals surface area contributed by atoms with Crippen molar-refractivity contribution < 1.29 is 19.4 Å². The summed E-state index contributed by atoms with van der Waals surface area (Å²) < 4.78 is 4.70. The molecule has 0 saturated carbocycles. The molecule has 0 aromatic heterocycles. The SMILES string of the molecule is COCC(NC(=O)c1cc(Cl)c(N)c(Cl)c1)C(=O)O. The first-order valence-electron chi connectivity index (χ1n) is 5.14. The molecule has 1 unspecified atom stereocenters. The maximum Gasteiger partial charge on any atom is 0.328 e. The summed E-state index contributed by atoms with van der Waals surface area (Å²) in [6, 6.07) is 1.46. The largest absolute Gasteiger partial charge is 0.480 e. The van der Waals surface area contributed by atoms with Crippen molar-refractivity contribution in [2.24, 2.45) is 0 Å². The molecular weight excluding hydrogens is 295 g/mol. The molecule has 0 aliphatic rings. The number of rotatable bonds is 5. The topological polar surface area (TPSA) is 102 Å². The molecule has 0 saturated heterocycles. The smallest absolute Gasteiger partial charge is 0.328 e. The van der Waals surface area contributed by atoms with Crippen molar-refractivity contribution in [2.45, 2.75) is 6.04 Å². The minimum absolute atomic E-state index is 0.117. The molecule has 1 amide bonds. The number of methoxy groups -OCH3 is 1. The lowest BCUT2D eigenvalue weighted by Crippen LogP contribution is -2.43. The second-order valence-electron chi connectivity index (χ2n) is 3.67. The van der Waals surface area contributed by atoms with Crippen LogP contribution in [0.25, 0.3) is 0 Å². The molecule has 0 aliphatic heterocycles. The van der Waals surface area contributed by atoms with Gasteiger partial charge in [-0.1, -0.05) is 23.2 Å². The van der Waals surface area contributed by atoms with Gasteiger partial charge in [-0.3, -0.25) is 4.79 Å². The van der Waals surface area contributed by atoms with Crippen LogP contribution in [0.1, 0.15) is 10.4 Å². The van der Waals surface area contributed by atoms with Crippen molar-refractivity contribution >= 4 is 40.8 Å². The number of halogens is 2. The number of amides is 1. The van der Waals surface area contributed by atoms with Crippen molar-refractivity contribution in [3.63, 3.8) is 0 Å². The molecule has 0 radical (unpaired) electrons. The number of aliphatic carboxylic acids is 1. The van der Waals surface area contributed by atoms with Gasteiger partial charge in [0.15, 0.2) is 6.04 Å². The lowest BCUT2D eigenvalue weighted by Gasteiger charge is -2.14. The van der Waals surface area contributed by atoms with Crippen LogP contribution < -0.4 is 11.1 Å². The van der Waals surface area contributed by atoms with Crippen molar-refractivity contribution in [3.8, 4) is 0 Å². The van der Waals surface area contributed by atoms with Gasteiger partial charge in [-0.2, -0.15) is 0 Å². The molecule has 104 valence electrons. The molecule has 19 heavy (non-hydrogen) atoms. The van der Waals surface area contributed by atoms with Gasteiger partial charge in [-0.15, -0.1) is 0 Å². The molecule has 1 aromatic carbocycles. The molecule has 0 fully saturated rings. The molecule has 8 heteroatoms. The minimum Gasteiger partial charge on any atom is -0.480 e. The Morgan fingerprint density at radius 2 is 1.95 bits per heavy atom. The highest BCUT2D eigenvalue weighted by Gasteiger charge is 2.21. The molecule has 0 heterocycles. The van der Waals surface area contributed by atoms with E-state index in [0.29, 0.717) is 0 Å². The highest BCUT2D eigenvalue weighted by molar-refractivity contribution is 6.39. The molecule has 0 bridgehead atoms. The number of nitrogen functional groups attached to an aromatic ring is 1. The fourth-order valence-corrected chi connectivity index (χ4v) is 1.79. The summed E-state index contributed by atoms with van der Waals surface area (Å²) in [5.74, 6) is -1.84. The van der Waals surface area contributed by atoms with Crippen molar-refractivity contribution in [1.29, 1.82) is 0 Å². The first-order valence-corrected chi connectivity index (χ1v) is 5.89. The zero-order valence-corrected chi connectivity index (χ0v) is 11.5. The average molecular weight is 307 g/mol. The quantitative estimate of drug-likeness (QED) is 0.714. The molecule has 1 atom stereocenters. The predicted octanol–water partition coefficient (Wildman–Crippen LogP) is 1.41. The van der Waals surface area contributed by atoms with Gasteiger partial charge in [-0.05, 0) is 12.1 Å². The minimum atomic E-state index is -1.21. The number of carbonyl (C=O) groups is 2. The fraction of sp³-hybridized carbons (Fsp3) is 0.273. The fourth-order valence-electron chi connectivity index (χ4n) is 1.30. The first kappa shape index (κ1) is 15.6. The number of hydrogen-bond donors (Lipinski definition) is 3. The first-order chi connectivity index (χ1) is 8.86. The Bertz CT molecular complexity index is 484. The maximum absolute atomic E-state index is 11.9. The van der Waals surface area contributed by atoms with Gasteiger partial charge in [-0.25, -0.2) is 4.79 Å². The Kier molecular flexibility index (Phi) is 5.41. The molecule has 0 spiro atoms. The Labute approximate surface area is 119 Å². The predicted molar refractivity (Wildman–Crippen MR) is 71.6 cm³/mol. The second kappa shape index (κ2) is 6.60. The average Bonchev–Trinajstić information content (AvgIpc) is 2.34. The Morgan fingerprint density at radius 3 is 2.37 bits per heavy atom. The van der Waals surface area contributed by atoms with Crippen LogP contribution in [0.3, 0.4) is 0 Å². The third-order valence-corrected chi connectivity index (χ3v) is 2.90. The van der Waals surface area contributed by atoms with E-state index in [-0.39, 0.29) is 27.9 Å². The van der Waals surface area contributed by atoms with Crippen molar-refractivity contribution in [1.82, 2.24) is 5.32 Å². The molecule has 1 aromatic rings. The van der Waals surface area contributed by atoms with Crippen LogP contribution in [0.2, 0.25) is 10.0 Å². The van der Waals surface area contributed by atoms with E-state index in [9.17, 15) is 9.59 Å². The van der Waals surface area contributed by atoms with E-state index in [1.54, 1.807) is 0 Å². The molecule has 1 rings (SSSR count). The van der Waals surface area contributed by atoms with Crippen LogP contribution in [-0.4, -0.2) is 36.7 Å². The van der Waals surface area contributed by atoms with Crippen LogP contribution in [0.15, 0.2) is 12.1 Å². The summed E-state index contributed by atoms with van der Waals surface area (Å²) in [6.07, 6.45) is 0. The Hall–Kier alpha value is -1.50. The number of hydrogen-bond acceptors (Lipinski definition) is 4. The zero-order valence-electron chi connectivity index (χ0n) is 9.94. The van der Waals surface area contributed by atoms with Gasteiger partial charge in [0.25, 0.3) is 5.91 Å². The lowest BCUT2D eigenvalue weighted by molar-refractivity contribution is -0.140. The van der Waals surface area contributed by atoms with Gasteiger partial charge < -0.3 is 20.9 Å². The summed E-state index contributed by atoms with van der Waals surface area (Å²) in [6.45, 7) is -0.155. The van der Waals surface area contributed by atoms with E-state index >= 15 is 0 Å². The number of nitrogens with one attached hydrogen (secondary N) is 1. The Morgan fingerprint density at radius 1 is 1.42 bits per heavy atom. The van der Waals surface area contributed by atoms with Crippen LogP contribution in [-0.2, 0) is 9.53 Å². The van der Waals surface area contributed by atoms with E-state index in [4.69, 9.17) is 38.8 Å². The number of carboxylic acids is 1. The van der Waals surface area contributed by atoms with E-state index in [2.05, 4.69) is 5.32 Å². The van der Waals surface area contributed by atoms with Gasteiger partial charge in [0, 0.05) is 12.7 Å².